The Labute approximate surface area is 183 Å². The number of H-pyrrole nitrogens is 1. The molecule has 4 aromatic heterocycles. The molecule has 0 fully saturated rings. The lowest BCUT2D eigenvalue weighted by molar-refractivity contribution is 0.694. The van der Waals surface area contributed by atoms with Crippen LogP contribution in [-0.4, -0.2) is 48.9 Å². The fourth-order valence-electron chi connectivity index (χ4n) is 3.32. The summed E-state index contributed by atoms with van der Waals surface area (Å²) in [6.07, 6.45) is 6.10. The average molecular weight is 435 g/mol. The second-order valence-corrected chi connectivity index (χ2v) is 7.04. The number of hydrogen-bond acceptors (Lipinski definition) is 8. The highest BCUT2D eigenvalue weighted by atomic mass is 16.2. The van der Waals surface area contributed by atoms with E-state index in [4.69, 9.17) is 0 Å². The first-order valence-electron chi connectivity index (χ1n) is 10.5. The third-order valence-electron chi connectivity index (χ3n) is 4.81. The zero-order chi connectivity index (χ0) is 22.5. The van der Waals surface area contributed by atoms with Crippen LogP contribution in [0.5, 0.6) is 0 Å². The van der Waals surface area contributed by atoms with Gasteiger partial charge < -0.3 is 21.2 Å². The summed E-state index contributed by atoms with van der Waals surface area (Å²) in [5.41, 5.74) is 7.02. The highest BCUT2D eigenvalue weighted by Crippen LogP contribution is 2.18. The quantitative estimate of drug-likeness (QED) is 0.307. The largest absolute Gasteiger partial charge is 0.370 e. The number of aromatic nitrogens is 6. The molecule has 11 heteroatoms. The highest BCUT2D eigenvalue weighted by Gasteiger charge is 2.18. The van der Waals surface area contributed by atoms with E-state index in [-0.39, 0.29) is 11.2 Å². The standard InChI is InChI=1S/C21H25N9O2/c1-3-25-29-19-17(20(31)30(21(29)32)26-4-2)27-18(28-19)15-7-8-16(24-13-15)23-11-9-14-6-5-10-22-12-14/h5-8,10,12-13,25-26H,3-4,9,11H2,1-2H3,(H,23,24)(H,27,28). The first kappa shape index (κ1) is 21.1. The summed E-state index contributed by atoms with van der Waals surface area (Å²) < 4.78 is 2.24. The monoisotopic (exact) mass is 435 g/mol. The van der Waals surface area contributed by atoms with Crippen molar-refractivity contribution in [2.24, 2.45) is 0 Å². The predicted molar refractivity (Wildman–Crippen MR) is 124 cm³/mol. The van der Waals surface area contributed by atoms with Gasteiger partial charge in [0.15, 0.2) is 11.2 Å². The minimum absolute atomic E-state index is 0.222. The molecule has 32 heavy (non-hydrogen) atoms. The second kappa shape index (κ2) is 9.33. The van der Waals surface area contributed by atoms with Crippen LogP contribution >= 0.6 is 0 Å². The van der Waals surface area contributed by atoms with E-state index in [1.165, 1.54) is 4.68 Å². The lowest BCUT2D eigenvalue weighted by Crippen LogP contribution is -2.47. The van der Waals surface area contributed by atoms with Crippen molar-refractivity contribution in [2.45, 2.75) is 20.3 Å². The lowest BCUT2D eigenvalue weighted by Gasteiger charge is -2.11. The molecule has 0 atom stereocenters. The van der Waals surface area contributed by atoms with Gasteiger partial charge in [-0.3, -0.25) is 9.78 Å². The van der Waals surface area contributed by atoms with Crippen molar-refractivity contribution in [3.63, 3.8) is 0 Å². The third kappa shape index (κ3) is 4.17. The number of imidazole rings is 1. The normalized spacial score (nSPS) is 10.9. The molecule has 4 aromatic rings. The number of pyridine rings is 2. The minimum Gasteiger partial charge on any atom is -0.370 e. The van der Waals surface area contributed by atoms with Crippen molar-refractivity contribution in [1.29, 1.82) is 0 Å². The van der Waals surface area contributed by atoms with E-state index in [9.17, 15) is 9.59 Å². The number of anilines is 1. The molecule has 0 amide bonds. The SMILES string of the molecule is CCNn1c(=O)c2[nH]c(-c3ccc(NCCc4cccnc4)nc3)nc2n(NCC)c1=O. The Balaban J connectivity index is 1.59. The molecule has 0 unspecified atom stereocenters. The van der Waals surface area contributed by atoms with E-state index in [1.54, 1.807) is 12.4 Å². The summed E-state index contributed by atoms with van der Waals surface area (Å²) in [6.45, 7) is 5.31. The summed E-state index contributed by atoms with van der Waals surface area (Å²) in [7, 11) is 0. The van der Waals surface area contributed by atoms with E-state index in [0.29, 0.717) is 24.5 Å². The van der Waals surface area contributed by atoms with Crippen LogP contribution < -0.4 is 27.4 Å². The number of nitrogens with zero attached hydrogens (tertiary/aromatic N) is 5. The van der Waals surface area contributed by atoms with Gasteiger partial charge in [-0.1, -0.05) is 6.07 Å². The van der Waals surface area contributed by atoms with E-state index in [1.807, 2.05) is 44.3 Å². The van der Waals surface area contributed by atoms with Gasteiger partial charge in [-0.05, 0) is 44.0 Å². The summed E-state index contributed by atoms with van der Waals surface area (Å²) in [4.78, 5) is 41.6. The number of nitrogens with one attached hydrogen (secondary N) is 4. The molecular weight excluding hydrogens is 410 g/mol. The summed E-state index contributed by atoms with van der Waals surface area (Å²) in [5, 5.41) is 3.28. The molecule has 0 saturated heterocycles. The summed E-state index contributed by atoms with van der Waals surface area (Å²) >= 11 is 0. The van der Waals surface area contributed by atoms with Crippen molar-refractivity contribution >= 4 is 17.0 Å². The first-order valence-corrected chi connectivity index (χ1v) is 10.5. The fraction of sp³-hybridized carbons (Fsp3) is 0.286. The second-order valence-electron chi connectivity index (χ2n) is 7.04. The zero-order valence-electron chi connectivity index (χ0n) is 17.9. The zero-order valence-corrected chi connectivity index (χ0v) is 17.9. The van der Waals surface area contributed by atoms with Crippen LogP contribution in [0.3, 0.4) is 0 Å². The molecule has 166 valence electrons. The van der Waals surface area contributed by atoms with Crippen LogP contribution in [0, 0.1) is 0 Å². The predicted octanol–water partition coefficient (Wildman–Crippen LogP) is 1.12. The van der Waals surface area contributed by atoms with Crippen molar-refractivity contribution in [3.05, 3.63) is 69.3 Å². The maximum absolute atomic E-state index is 12.8. The maximum Gasteiger partial charge on any atom is 0.370 e. The van der Waals surface area contributed by atoms with E-state index < -0.39 is 11.2 Å². The number of fused-ring (bicyclic) bond motifs is 1. The van der Waals surface area contributed by atoms with Crippen LogP contribution in [0.2, 0.25) is 0 Å². The average Bonchev–Trinajstić information content (AvgIpc) is 3.26. The Morgan fingerprint density at radius 3 is 2.53 bits per heavy atom. The molecule has 0 aromatic carbocycles. The van der Waals surface area contributed by atoms with Gasteiger partial charge in [0.1, 0.15) is 11.6 Å². The number of rotatable bonds is 9. The van der Waals surface area contributed by atoms with Crippen molar-refractivity contribution in [2.75, 3.05) is 35.8 Å². The van der Waals surface area contributed by atoms with Gasteiger partial charge in [0.05, 0.1) is 0 Å². The van der Waals surface area contributed by atoms with Crippen LogP contribution in [-0.2, 0) is 6.42 Å². The lowest BCUT2D eigenvalue weighted by atomic mass is 10.2. The summed E-state index contributed by atoms with van der Waals surface area (Å²) in [6, 6.07) is 7.65. The highest BCUT2D eigenvalue weighted by molar-refractivity contribution is 5.75. The van der Waals surface area contributed by atoms with E-state index in [2.05, 4.69) is 36.1 Å². The molecule has 0 aliphatic rings. The Morgan fingerprint density at radius 2 is 1.84 bits per heavy atom. The molecule has 4 rings (SSSR count). The maximum atomic E-state index is 12.8. The van der Waals surface area contributed by atoms with Gasteiger partial charge in [-0.15, -0.1) is 0 Å². The molecule has 11 nitrogen and oxygen atoms in total. The topological polar surface area (TPSA) is 135 Å². The molecule has 0 radical (unpaired) electrons. The first-order chi connectivity index (χ1) is 15.6. The number of aromatic amines is 1. The smallest absolute Gasteiger partial charge is 0.370 e. The van der Waals surface area contributed by atoms with Crippen LogP contribution in [0.25, 0.3) is 22.6 Å². The molecule has 4 heterocycles. The molecule has 4 N–H and O–H groups in total. The Hall–Kier alpha value is -4.15. The molecule has 0 aliphatic heterocycles. The molecule has 0 bridgehead atoms. The van der Waals surface area contributed by atoms with Gasteiger partial charge >= 0.3 is 11.2 Å². The van der Waals surface area contributed by atoms with Gasteiger partial charge in [0.2, 0.25) is 0 Å². The van der Waals surface area contributed by atoms with Gasteiger partial charge in [0, 0.05) is 43.8 Å². The van der Waals surface area contributed by atoms with E-state index in [0.717, 1.165) is 29.0 Å². The Bertz CT molecular complexity index is 1310. The molecular formula is C21H25N9O2. The van der Waals surface area contributed by atoms with Crippen molar-refractivity contribution < 1.29 is 0 Å². The van der Waals surface area contributed by atoms with Crippen LogP contribution in [0.1, 0.15) is 19.4 Å². The van der Waals surface area contributed by atoms with E-state index >= 15 is 0 Å². The van der Waals surface area contributed by atoms with Crippen LogP contribution in [0.4, 0.5) is 5.82 Å². The molecule has 0 spiro atoms. The molecule has 0 saturated carbocycles. The fourth-order valence-corrected chi connectivity index (χ4v) is 3.32. The van der Waals surface area contributed by atoms with Gasteiger partial charge in [-0.25, -0.2) is 14.8 Å². The third-order valence-corrected chi connectivity index (χ3v) is 4.81. The minimum atomic E-state index is -0.532. The van der Waals surface area contributed by atoms with Crippen molar-refractivity contribution in [3.8, 4) is 11.4 Å². The number of hydrogen-bond donors (Lipinski definition) is 4. The van der Waals surface area contributed by atoms with Gasteiger partial charge in [0.25, 0.3) is 0 Å². The summed E-state index contributed by atoms with van der Waals surface area (Å²) in [5.74, 6) is 1.18. The molecule has 0 aliphatic carbocycles. The van der Waals surface area contributed by atoms with Crippen molar-refractivity contribution in [1.82, 2.24) is 29.3 Å². The van der Waals surface area contributed by atoms with Gasteiger partial charge in [-0.2, -0.15) is 9.35 Å². The Morgan fingerprint density at radius 1 is 1.03 bits per heavy atom. The van der Waals surface area contributed by atoms with Crippen LogP contribution in [0.15, 0.2) is 52.4 Å². The Kier molecular flexibility index (Phi) is 6.15.